The molecule has 0 saturated heterocycles. The van der Waals surface area contributed by atoms with Crippen molar-refractivity contribution in [3.05, 3.63) is 23.7 Å². The Morgan fingerprint density at radius 2 is 2.17 bits per heavy atom. The number of nitrogens with zero attached hydrogens (tertiary/aromatic N) is 5. The second-order valence-electron chi connectivity index (χ2n) is 7.26. The summed E-state index contributed by atoms with van der Waals surface area (Å²) in [6.07, 6.45) is -3.96. The molecule has 2 aromatic heterocycles. The molecule has 2 aromatic rings. The van der Waals surface area contributed by atoms with Crippen LogP contribution in [0.5, 0.6) is 0 Å². The van der Waals surface area contributed by atoms with Gasteiger partial charge in [0.1, 0.15) is 0 Å². The fraction of sp³-hybridized carbons (Fsp3) is 0.588. The summed E-state index contributed by atoms with van der Waals surface area (Å²) in [6.45, 7) is -0.580. The molecule has 13 heteroatoms. The summed E-state index contributed by atoms with van der Waals surface area (Å²) in [7, 11) is 1.64. The Bertz CT molecular complexity index is 895. The minimum absolute atomic E-state index is 0.0360. The molecule has 2 amide bonds. The first-order chi connectivity index (χ1) is 14.1. The Hall–Kier alpha value is -3.12. The molecule has 0 radical (unpaired) electrons. The minimum atomic E-state index is -4.41. The summed E-state index contributed by atoms with van der Waals surface area (Å²) >= 11 is 0. The number of alkyl halides is 3. The zero-order chi connectivity index (χ0) is 21.9. The number of aryl methyl sites for hydroxylation is 1. The summed E-state index contributed by atoms with van der Waals surface area (Å²) in [5.41, 5.74) is 1.21. The van der Waals surface area contributed by atoms with E-state index < -0.39 is 31.3 Å². The lowest BCUT2D eigenvalue weighted by molar-refractivity contribution is -0.137. The molecule has 3 N–H and O–H groups in total. The predicted octanol–water partition coefficient (Wildman–Crippen LogP) is 2.29. The third-order valence-corrected chi connectivity index (χ3v) is 5.02. The van der Waals surface area contributed by atoms with Crippen LogP contribution in [0.15, 0.2) is 12.3 Å². The summed E-state index contributed by atoms with van der Waals surface area (Å²) < 4.78 is 37.4. The maximum atomic E-state index is 12.5. The highest BCUT2D eigenvalue weighted by Gasteiger charge is 2.36. The van der Waals surface area contributed by atoms with E-state index in [1.54, 1.807) is 13.1 Å². The zero-order valence-corrected chi connectivity index (χ0v) is 16.2. The molecule has 30 heavy (non-hydrogen) atoms. The van der Waals surface area contributed by atoms with Gasteiger partial charge in [-0.25, -0.2) is 4.79 Å². The van der Waals surface area contributed by atoms with Crippen molar-refractivity contribution in [2.45, 2.75) is 50.2 Å². The average Bonchev–Trinajstić information content (AvgIpc) is 3.35. The summed E-state index contributed by atoms with van der Waals surface area (Å²) in [6, 6.07) is 1.16. The van der Waals surface area contributed by atoms with Crippen molar-refractivity contribution in [1.29, 1.82) is 0 Å². The van der Waals surface area contributed by atoms with Crippen LogP contribution in [0, 0.1) is 0 Å². The van der Waals surface area contributed by atoms with Crippen molar-refractivity contribution in [2.24, 2.45) is 7.05 Å². The summed E-state index contributed by atoms with van der Waals surface area (Å²) in [5, 5.41) is 26.7. The third kappa shape index (κ3) is 5.70. The Morgan fingerprint density at radius 1 is 1.40 bits per heavy atom. The van der Waals surface area contributed by atoms with E-state index in [0.717, 1.165) is 4.90 Å². The Balaban J connectivity index is 1.55. The van der Waals surface area contributed by atoms with E-state index in [2.05, 4.69) is 25.7 Å². The molecule has 0 aromatic carbocycles. The number of carbonyl (C=O) groups excluding carboxylic acids is 1. The van der Waals surface area contributed by atoms with Gasteiger partial charge in [-0.1, -0.05) is 0 Å². The zero-order valence-electron chi connectivity index (χ0n) is 16.2. The monoisotopic (exact) mass is 429 g/mol. The van der Waals surface area contributed by atoms with Crippen LogP contribution < -0.4 is 5.32 Å². The van der Waals surface area contributed by atoms with Crippen LogP contribution >= 0.6 is 0 Å². The van der Waals surface area contributed by atoms with Gasteiger partial charge >= 0.3 is 12.3 Å². The van der Waals surface area contributed by atoms with Crippen molar-refractivity contribution < 1.29 is 27.9 Å². The number of carboxylic acid groups (broad SMARTS) is 1. The summed E-state index contributed by atoms with van der Waals surface area (Å²) in [4.78, 5) is 25.7. The highest BCUT2D eigenvalue weighted by molar-refractivity contribution is 5.91. The van der Waals surface area contributed by atoms with E-state index in [1.807, 2.05) is 0 Å². The van der Waals surface area contributed by atoms with Crippen LogP contribution in [0.25, 0.3) is 0 Å². The van der Waals surface area contributed by atoms with Crippen molar-refractivity contribution in [3.8, 4) is 0 Å². The van der Waals surface area contributed by atoms with Gasteiger partial charge in [-0.05, 0) is 19.3 Å². The molecule has 164 valence electrons. The van der Waals surface area contributed by atoms with E-state index in [9.17, 15) is 27.9 Å². The molecule has 2 atom stereocenters. The maximum absolute atomic E-state index is 12.5. The van der Waals surface area contributed by atoms with Gasteiger partial charge in [0.15, 0.2) is 5.82 Å². The molecule has 1 fully saturated rings. The molecule has 1 saturated carbocycles. The quantitative estimate of drug-likeness (QED) is 0.619. The number of H-pyrrole nitrogens is 1. The molecule has 1 aliphatic rings. The van der Waals surface area contributed by atoms with Crippen LogP contribution in [-0.2, 0) is 18.3 Å². The predicted molar refractivity (Wildman–Crippen MR) is 97.7 cm³/mol. The molecular formula is C17H22F3N7O3. The standard InChI is InChI=1S/C17H22F3N7O3/c1-26-21-9-11(25-26)7-15(28)22-14-8-13(23-24-14)10-2-3-12(6-10)27(16(29)30)5-4-17(18,19)20/h8-10,12H,2-7H2,1H3,(H,29,30)(H2,22,23,24,28). The fourth-order valence-electron chi connectivity index (χ4n) is 3.63. The van der Waals surface area contributed by atoms with Gasteiger partial charge in [0, 0.05) is 37.3 Å². The van der Waals surface area contributed by atoms with Crippen molar-refractivity contribution in [2.75, 3.05) is 11.9 Å². The first-order valence-corrected chi connectivity index (χ1v) is 9.37. The van der Waals surface area contributed by atoms with Gasteiger partial charge in [-0.15, -0.1) is 0 Å². The second kappa shape index (κ2) is 8.71. The smallest absolute Gasteiger partial charge is 0.407 e. The third-order valence-electron chi connectivity index (χ3n) is 5.02. The van der Waals surface area contributed by atoms with Crippen molar-refractivity contribution >= 4 is 17.8 Å². The molecule has 3 rings (SSSR count). The first kappa shape index (κ1) is 21.6. The number of hydrogen-bond acceptors (Lipinski definition) is 5. The van der Waals surface area contributed by atoms with Gasteiger partial charge in [0.05, 0.1) is 24.7 Å². The molecular weight excluding hydrogens is 407 g/mol. The van der Waals surface area contributed by atoms with E-state index in [4.69, 9.17) is 0 Å². The van der Waals surface area contributed by atoms with Crippen molar-refractivity contribution in [3.63, 3.8) is 0 Å². The van der Waals surface area contributed by atoms with E-state index in [-0.39, 0.29) is 18.2 Å². The van der Waals surface area contributed by atoms with Crippen LogP contribution in [0.3, 0.4) is 0 Å². The van der Waals surface area contributed by atoms with Gasteiger partial charge in [0.2, 0.25) is 5.91 Å². The fourth-order valence-corrected chi connectivity index (χ4v) is 3.63. The first-order valence-electron chi connectivity index (χ1n) is 9.37. The molecule has 0 bridgehead atoms. The minimum Gasteiger partial charge on any atom is -0.465 e. The van der Waals surface area contributed by atoms with E-state index >= 15 is 0 Å². The number of amides is 2. The normalized spacial score (nSPS) is 19.1. The molecule has 0 aliphatic heterocycles. The average molecular weight is 429 g/mol. The number of carbonyl (C=O) groups is 2. The molecule has 1 aliphatic carbocycles. The van der Waals surface area contributed by atoms with E-state index in [1.165, 1.54) is 11.0 Å². The molecule has 2 heterocycles. The van der Waals surface area contributed by atoms with Gasteiger partial charge < -0.3 is 15.3 Å². The molecule has 0 spiro atoms. The van der Waals surface area contributed by atoms with E-state index in [0.29, 0.717) is 36.5 Å². The van der Waals surface area contributed by atoms with Crippen LogP contribution in [0.1, 0.15) is 43.0 Å². The SMILES string of the molecule is Cn1ncc(CC(=O)Nc2cc(C3CCC(N(CCC(F)(F)F)C(=O)O)C3)[nH]n2)n1. The Kier molecular flexibility index (Phi) is 6.27. The van der Waals surface area contributed by atoms with Crippen LogP contribution in [-0.4, -0.2) is 66.0 Å². The Morgan fingerprint density at radius 3 is 2.80 bits per heavy atom. The number of hydrogen-bond donors (Lipinski definition) is 3. The Labute approximate surface area is 169 Å². The highest BCUT2D eigenvalue weighted by Crippen LogP contribution is 2.37. The summed E-state index contributed by atoms with van der Waals surface area (Å²) in [5.74, 6) is -0.0857. The maximum Gasteiger partial charge on any atom is 0.407 e. The number of anilines is 1. The van der Waals surface area contributed by atoms with Crippen LogP contribution in [0.4, 0.5) is 23.8 Å². The number of halogens is 3. The lowest BCUT2D eigenvalue weighted by Crippen LogP contribution is -2.40. The van der Waals surface area contributed by atoms with Gasteiger partial charge in [-0.3, -0.25) is 9.89 Å². The van der Waals surface area contributed by atoms with Gasteiger partial charge in [-0.2, -0.15) is 33.3 Å². The molecule has 2 unspecified atom stereocenters. The lowest BCUT2D eigenvalue weighted by atomic mass is 10.0. The number of rotatable bonds is 7. The van der Waals surface area contributed by atoms with Crippen molar-refractivity contribution in [1.82, 2.24) is 30.1 Å². The highest BCUT2D eigenvalue weighted by atomic mass is 19.4. The van der Waals surface area contributed by atoms with Gasteiger partial charge in [0.25, 0.3) is 0 Å². The topological polar surface area (TPSA) is 129 Å². The number of aromatic amines is 1. The number of nitrogens with one attached hydrogen (secondary N) is 2. The second-order valence-corrected chi connectivity index (χ2v) is 7.26. The number of aromatic nitrogens is 5. The largest absolute Gasteiger partial charge is 0.465 e. The lowest BCUT2D eigenvalue weighted by Gasteiger charge is -2.26. The molecule has 10 nitrogen and oxygen atoms in total. The van der Waals surface area contributed by atoms with Crippen LogP contribution in [0.2, 0.25) is 0 Å².